The highest BCUT2D eigenvalue weighted by Gasteiger charge is 2.56. The van der Waals surface area contributed by atoms with Crippen molar-refractivity contribution in [1.29, 1.82) is 5.26 Å². The molecule has 5 rings (SSSR count). The predicted molar refractivity (Wildman–Crippen MR) is 122 cm³/mol. The van der Waals surface area contributed by atoms with E-state index in [2.05, 4.69) is 10.8 Å². The summed E-state index contributed by atoms with van der Waals surface area (Å²) < 4.78 is 26.7. The molecule has 3 heterocycles. The largest absolute Gasteiger partial charge is 0.330 e. The van der Waals surface area contributed by atoms with Gasteiger partial charge in [0.05, 0.1) is 29.1 Å². The molecule has 0 unspecified atom stereocenters. The highest BCUT2D eigenvalue weighted by atomic mass is 32.2. The number of hydrogen-bond donors (Lipinski definition) is 2. The third-order valence-electron chi connectivity index (χ3n) is 7.91. The standard InChI is InChI=1S/C23H30N6O4S/c1-13(14-4-3-5-18(7-14)34(32,33)26-2)28-17-9-21(23(28)31)27(11-17)12-19(25)22(30)29-16(10-24)6-15-8-20(15)29/h3-5,7,13,15-17,19-21,26H,6,8-9,11-12,25H2,1-2H3/t13-,15+,16-,17-,19-,20-,21-/m0/s1. The fourth-order valence-corrected chi connectivity index (χ4v) is 6.81. The molecule has 34 heavy (non-hydrogen) atoms. The van der Waals surface area contributed by atoms with E-state index in [1.165, 1.54) is 13.1 Å². The van der Waals surface area contributed by atoms with Crippen molar-refractivity contribution in [2.24, 2.45) is 11.7 Å². The summed E-state index contributed by atoms with van der Waals surface area (Å²) in [5, 5.41) is 9.38. The zero-order valence-electron chi connectivity index (χ0n) is 19.3. The molecule has 0 aromatic heterocycles. The lowest BCUT2D eigenvalue weighted by atomic mass is 10.1. The van der Waals surface area contributed by atoms with Crippen LogP contribution in [0, 0.1) is 17.2 Å². The Morgan fingerprint density at radius 1 is 1.32 bits per heavy atom. The Bertz CT molecular complexity index is 1170. The van der Waals surface area contributed by atoms with Crippen LogP contribution in [0.3, 0.4) is 0 Å². The van der Waals surface area contributed by atoms with Gasteiger partial charge >= 0.3 is 0 Å². The van der Waals surface area contributed by atoms with Gasteiger partial charge in [0, 0.05) is 25.2 Å². The minimum atomic E-state index is -3.58. The summed E-state index contributed by atoms with van der Waals surface area (Å²) in [7, 11) is -2.21. The number of hydrogen-bond acceptors (Lipinski definition) is 7. The smallest absolute Gasteiger partial charge is 0.242 e. The zero-order chi connectivity index (χ0) is 24.4. The second kappa shape index (κ2) is 8.30. The maximum absolute atomic E-state index is 13.3. The molecule has 4 aliphatic rings. The molecule has 11 heteroatoms. The average molecular weight is 487 g/mol. The number of nitrogens with zero attached hydrogens (tertiary/aromatic N) is 4. The second-order valence-corrected chi connectivity index (χ2v) is 11.7. The molecule has 182 valence electrons. The van der Waals surface area contributed by atoms with Crippen molar-refractivity contribution in [2.45, 2.75) is 67.3 Å². The Morgan fingerprint density at radius 2 is 2.09 bits per heavy atom. The number of piperazine rings is 1. The van der Waals surface area contributed by atoms with Gasteiger partial charge in [-0.1, -0.05) is 12.1 Å². The first kappa shape index (κ1) is 23.2. The van der Waals surface area contributed by atoms with Crippen molar-refractivity contribution >= 4 is 21.8 Å². The molecule has 3 saturated heterocycles. The van der Waals surface area contributed by atoms with Crippen LogP contribution < -0.4 is 10.5 Å². The number of sulfonamides is 1. The Balaban J connectivity index is 1.25. The fourth-order valence-electron chi connectivity index (χ4n) is 6.03. The summed E-state index contributed by atoms with van der Waals surface area (Å²) in [6.07, 6.45) is 2.34. The van der Waals surface area contributed by atoms with Crippen LogP contribution >= 0.6 is 0 Å². The minimum absolute atomic E-state index is 0.0224. The topological polar surface area (TPSA) is 140 Å². The predicted octanol–water partition coefficient (Wildman–Crippen LogP) is -0.219. The van der Waals surface area contributed by atoms with Crippen LogP contribution in [0.15, 0.2) is 29.2 Å². The minimum Gasteiger partial charge on any atom is -0.330 e. The monoisotopic (exact) mass is 486 g/mol. The third-order valence-corrected chi connectivity index (χ3v) is 9.32. The van der Waals surface area contributed by atoms with Crippen molar-refractivity contribution < 1.29 is 18.0 Å². The molecule has 3 N–H and O–H groups in total. The zero-order valence-corrected chi connectivity index (χ0v) is 20.1. The number of fused-ring (bicyclic) bond motifs is 3. The molecule has 2 amide bonds. The SMILES string of the molecule is CNS(=O)(=O)c1cccc([C@H](C)N2C(=O)[C@@H]3C[C@H]2CN3C[C@H](N)C(=O)N2[C@H](C#N)C[C@@H]3C[C@@H]32)c1. The van der Waals surface area contributed by atoms with Gasteiger partial charge in [-0.05, 0) is 56.8 Å². The number of benzene rings is 1. The average Bonchev–Trinajstić information content (AvgIpc) is 3.15. The summed E-state index contributed by atoms with van der Waals surface area (Å²) in [5.41, 5.74) is 7.03. The third kappa shape index (κ3) is 3.69. The molecule has 7 atom stereocenters. The maximum atomic E-state index is 13.3. The maximum Gasteiger partial charge on any atom is 0.242 e. The van der Waals surface area contributed by atoms with Crippen molar-refractivity contribution in [1.82, 2.24) is 19.4 Å². The molecule has 3 aliphatic heterocycles. The van der Waals surface area contributed by atoms with Gasteiger partial charge in [0.25, 0.3) is 0 Å². The number of nitrogens with one attached hydrogen (secondary N) is 1. The van der Waals surface area contributed by atoms with Crippen molar-refractivity contribution in [3.63, 3.8) is 0 Å². The highest BCUT2D eigenvalue weighted by molar-refractivity contribution is 7.89. The highest BCUT2D eigenvalue weighted by Crippen LogP contribution is 2.48. The first-order valence-corrected chi connectivity index (χ1v) is 13.2. The molecule has 2 bridgehead atoms. The summed E-state index contributed by atoms with van der Waals surface area (Å²) in [6.45, 7) is 2.81. The van der Waals surface area contributed by atoms with Gasteiger partial charge < -0.3 is 15.5 Å². The van der Waals surface area contributed by atoms with Gasteiger partial charge in [-0.15, -0.1) is 0 Å². The molecular formula is C23H30N6O4S. The van der Waals surface area contributed by atoms with Crippen LogP contribution in [0.4, 0.5) is 0 Å². The lowest BCUT2D eigenvalue weighted by Crippen LogP contribution is -2.57. The summed E-state index contributed by atoms with van der Waals surface area (Å²) in [4.78, 5) is 31.9. The molecule has 0 radical (unpaired) electrons. The van der Waals surface area contributed by atoms with E-state index in [1.807, 2.05) is 22.8 Å². The van der Waals surface area contributed by atoms with E-state index in [-0.39, 0.29) is 47.4 Å². The number of nitrogens with two attached hydrogens (primary N) is 1. The van der Waals surface area contributed by atoms with E-state index < -0.39 is 22.1 Å². The number of nitriles is 1. The number of piperidine rings is 1. The molecule has 1 saturated carbocycles. The Kier molecular flexibility index (Phi) is 5.67. The second-order valence-electron chi connectivity index (χ2n) is 9.86. The van der Waals surface area contributed by atoms with Crippen LogP contribution in [-0.4, -0.2) is 85.3 Å². The molecule has 1 aliphatic carbocycles. The van der Waals surface area contributed by atoms with E-state index in [4.69, 9.17) is 5.73 Å². The molecular weight excluding hydrogens is 456 g/mol. The van der Waals surface area contributed by atoms with Gasteiger partial charge in [-0.2, -0.15) is 5.26 Å². The first-order valence-electron chi connectivity index (χ1n) is 11.7. The van der Waals surface area contributed by atoms with Gasteiger partial charge in [0.1, 0.15) is 6.04 Å². The molecule has 1 aromatic carbocycles. The molecule has 4 fully saturated rings. The van der Waals surface area contributed by atoms with Crippen LogP contribution in [0.5, 0.6) is 0 Å². The Labute approximate surface area is 199 Å². The fraction of sp³-hybridized carbons (Fsp3) is 0.609. The van der Waals surface area contributed by atoms with Crippen LogP contribution in [0.25, 0.3) is 0 Å². The van der Waals surface area contributed by atoms with Crippen molar-refractivity contribution in [2.75, 3.05) is 20.1 Å². The van der Waals surface area contributed by atoms with E-state index in [0.717, 1.165) is 18.4 Å². The van der Waals surface area contributed by atoms with E-state index >= 15 is 0 Å². The van der Waals surface area contributed by atoms with Gasteiger partial charge in [0.2, 0.25) is 21.8 Å². The Morgan fingerprint density at radius 3 is 2.76 bits per heavy atom. The summed E-state index contributed by atoms with van der Waals surface area (Å²) in [6, 6.07) is 7.23. The number of amides is 2. The molecule has 1 aromatic rings. The van der Waals surface area contributed by atoms with Crippen LogP contribution in [0.2, 0.25) is 0 Å². The number of carbonyl (C=O) groups excluding carboxylic acids is 2. The number of rotatable bonds is 7. The lowest BCUT2D eigenvalue weighted by molar-refractivity contribution is -0.141. The molecule has 0 spiro atoms. The number of likely N-dealkylation sites (tertiary alicyclic amines) is 3. The lowest BCUT2D eigenvalue weighted by Gasteiger charge is -2.38. The van der Waals surface area contributed by atoms with E-state index in [1.54, 1.807) is 17.0 Å². The van der Waals surface area contributed by atoms with E-state index in [9.17, 15) is 23.3 Å². The van der Waals surface area contributed by atoms with Crippen LogP contribution in [-0.2, 0) is 19.6 Å². The van der Waals surface area contributed by atoms with Crippen molar-refractivity contribution in [3.05, 3.63) is 29.8 Å². The molecule has 10 nitrogen and oxygen atoms in total. The summed E-state index contributed by atoms with van der Waals surface area (Å²) >= 11 is 0. The number of carbonyl (C=O) groups is 2. The quantitative estimate of drug-likeness (QED) is 0.543. The van der Waals surface area contributed by atoms with Crippen molar-refractivity contribution in [3.8, 4) is 6.07 Å². The Hall–Kier alpha value is -2.52. The van der Waals surface area contributed by atoms with E-state index in [0.29, 0.717) is 18.9 Å². The van der Waals surface area contributed by atoms with Crippen LogP contribution in [0.1, 0.15) is 37.8 Å². The normalized spacial score (nSPS) is 31.9. The summed E-state index contributed by atoms with van der Waals surface area (Å²) in [5.74, 6) is 0.213. The van der Waals surface area contributed by atoms with Gasteiger partial charge in [-0.3, -0.25) is 14.5 Å². The van der Waals surface area contributed by atoms with Gasteiger partial charge in [-0.25, -0.2) is 13.1 Å². The van der Waals surface area contributed by atoms with Gasteiger partial charge in [0.15, 0.2) is 0 Å². The first-order chi connectivity index (χ1) is 16.2.